The molecule has 0 atom stereocenters. The highest BCUT2D eigenvalue weighted by atomic mass is 32.2. The zero-order valence-electron chi connectivity index (χ0n) is 18.2. The Hall–Kier alpha value is -3.79. The summed E-state index contributed by atoms with van der Waals surface area (Å²) in [5.74, 6) is 0.156. The van der Waals surface area contributed by atoms with Crippen LogP contribution in [-0.2, 0) is 9.59 Å². The van der Waals surface area contributed by atoms with E-state index < -0.39 is 22.9 Å². The first-order valence-corrected chi connectivity index (χ1v) is 11.2. The van der Waals surface area contributed by atoms with Gasteiger partial charge in [-0.2, -0.15) is 0 Å². The fourth-order valence-corrected chi connectivity index (χ4v) is 4.19. The van der Waals surface area contributed by atoms with Gasteiger partial charge >= 0.3 is 0 Å². The minimum Gasteiger partial charge on any atom is -0.493 e. The molecule has 3 amide bonds. The maximum absolute atomic E-state index is 13.8. The van der Waals surface area contributed by atoms with Crippen LogP contribution in [-0.4, -0.2) is 55.4 Å². The second-order valence-electron chi connectivity index (χ2n) is 7.23. The molecule has 2 aromatic carbocycles. The van der Waals surface area contributed by atoms with Crippen molar-refractivity contribution in [3.05, 3.63) is 64.3 Å². The predicted molar refractivity (Wildman–Crippen MR) is 125 cm³/mol. The van der Waals surface area contributed by atoms with Gasteiger partial charge in [0.25, 0.3) is 11.1 Å². The van der Waals surface area contributed by atoms with Gasteiger partial charge in [-0.05, 0) is 47.7 Å². The Kier molecular flexibility index (Phi) is 7.17. The Balaban J connectivity index is 1.33. The molecule has 0 spiro atoms. The molecule has 1 saturated heterocycles. The van der Waals surface area contributed by atoms with Crippen molar-refractivity contribution >= 4 is 41.0 Å². The number of halogens is 1. The van der Waals surface area contributed by atoms with Gasteiger partial charge in [0, 0.05) is 24.7 Å². The van der Waals surface area contributed by atoms with Crippen molar-refractivity contribution in [2.24, 2.45) is 0 Å². The van der Waals surface area contributed by atoms with Crippen LogP contribution in [0.3, 0.4) is 0 Å². The largest absolute Gasteiger partial charge is 0.493 e. The number of amides is 3. The number of nitrogens with one attached hydrogen (secondary N) is 1. The van der Waals surface area contributed by atoms with Gasteiger partial charge in [0.15, 0.2) is 11.5 Å². The van der Waals surface area contributed by atoms with Crippen molar-refractivity contribution in [2.75, 3.05) is 33.4 Å². The number of carbonyl (C=O) groups excluding carboxylic acids is 3. The first-order chi connectivity index (χ1) is 16.5. The van der Waals surface area contributed by atoms with Gasteiger partial charge in [-0.1, -0.05) is 18.2 Å². The number of hydrogen-bond acceptors (Lipinski definition) is 7. The Morgan fingerprint density at radius 3 is 2.82 bits per heavy atom. The molecule has 34 heavy (non-hydrogen) atoms. The number of benzene rings is 2. The molecular formula is C24H21FN2O6S. The summed E-state index contributed by atoms with van der Waals surface area (Å²) in [5.41, 5.74) is 0.905. The Morgan fingerprint density at radius 2 is 2.03 bits per heavy atom. The van der Waals surface area contributed by atoms with E-state index in [4.69, 9.17) is 14.2 Å². The van der Waals surface area contributed by atoms with Crippen molar-refractivity contribution in [2.45, 2.75) is 0 Å². The van der Waals surface area contributed by atoms with Gasteiger partial charge in [-0.25, -0.2) is 4.39 Å². The fourth-order valence-electron chi connectivity index (χ4n) is 3.34. The van der Waals surface area contributed by atoms with Crippen molar-refractivity contribution in [3.63, 3.8) is 0 Å². The second kappa shape index (κ2) is 10.4. The average Bonchev–Trinajstić information content (AvgIpc) is 3.11. The van der Waals surface area contributed by atoms with Crippen molar-refractivity contribution in [3.8, 4) is 17.2 Å². The summed E-state index contributed by atoms with van der Waals surface area (Å²) < 4.78 is 30.3. The zero-order chi connectivity index (χ0) is 24.1. The summed E-state index contributed by atoms with van der Waals surface area (Å²) in [6.07, 6.45) is 4.27. The van der Waals surface area contributed by atoms with Gasteiger partial charge in [0.05, 0.1) is 12.0 Å². The molecule has 0 saturated carbocycles. The maximum Gasteiger partial charge on any atom is 0.293 e. The van der Waals surface area contributed by atoms with Crippen molar-refractivity contribution in [1.82, 2.24) is 10.2 Å². The standard InChI is InChI=1S/C24H21FN2O6S/c1-31-18-12-15(13-19-22(18)33-11-10-32-19)6-7-21(28)26-8-9-27-23(29)20(34-24(27)30)14-16-4-2-3-5-17(16)25/h2-7,12-14H,8-11H2,1H3,(H,26,28)/b7-6+,20-14-. The van der Waals surface area contributed by atoms with Crippen molar-refractivity contribution in [1.29, 1.82) is 0 Å². The quantitative estimate of drug-likeness (QED) is 0.602. The number of thioether (sulfide) groups is 1. The van der Waals surface area contributed by atoms with Crippen LogP contribution in [0.4, 0.5) is 9.18 Å². The molecule has 8 nitrogen and oxygen atoms in total. The van der Waals surface area contributed by atoms with E-state index in [1.54, 1.807) is 30.3 Å². The van der Waals surface area contributed by atoms with Crippen LogP contribution in [0.5, 0.6) is 17.2 Å². The lowest BCUT2D eigenvalue weighted by Gasteiger charge is -2.20. The predicted octanol–water partition coefficient (Wildman–Crippen LogP) is 3.47. The summed E-state index contributed by atoms with van der Waals surface area (Å²) in [7, 11) is 1.52. The number of methoxy groups -OCH3 is 1. The van der Waals surface area contributed by atoms with Gasteiger partial charge in [-0.15, -0.1) is 0 Å². The summed E-state index contributed by atoms with van der Waals surface area (Å²) in [6, 6.07) is 9.44. The highest BCUT2D eigenvalue weighted by molar-refractivity contribution is 8.18. The third-order valence-electron chi connectivity index (χ3n) is 4.98. The van der Waals surface area contributed by atoms with Crippen LogP contribution in [0.2, 0.25) is 0 Å². The second-order valence-corrected chi connectivity index (χ2v) is 8.22. The van der Waals surface area contributed by atoms with E-state index in [0.717, 1.165) is 16.7 Å². The SMILES string of the molecule is COc1cc(/C=C/C(=O)NCCN2C(=O)S/C(=C\c3ccccc3F)C2=O)cc2c1OCCO2. The van der Waals surface area contributed by atoms with Gasteiger partial charge in [-0.3, -0.25) is 19.3 Å². The molecular weight excluding hydrogens is 463 g/mol. The lowest BCUT2D eigenvalue weighted by molar-refractivity contribution is -0.123. The number of hydrogen-bond donors (Lipinski definition) is 1. The third kappa shape index (κ3) is 5.23. The summed E-state index contributed by atoms with van der Waals surface area (Å²) in [4.78, 5) is 38.1. The van der Waals surface area contributed by atoms with Gasteiger partial charge in [0.1, 0.15) is 19.0 Å². The van der Waals surface area contributed by atoms with Crippen LogP contribution in [0, 0.1) is 5.82 Å². The molecule has 2 heterocycles. The zero-order valence-corrected chi connectivity index (χ0v) is 19.0. The Morgan fingerprint density at radius 1 is 1.24 bits per heavy atom. The molecule has 0 unspecified atom stereocenters. The Labute approximate surface area is 199 Å². The number of carbonyl (C=O) groups is 3. The number of imide groups is 1. The third-order valence-corrected chi connectivity index (χ3v) is 5.88. The van der Waals surface area contributed by atoms with Crippen LogP contribution >= 0.6 is 11.8 Å². The molecule has 10 heteroatoms. The minimum absolute atomic E-state index is 0.00327. The molecule has 2 aliphatic heterocycles. The first-order valence-electron chi connectivity index (χ1n) is 10.4. The summed E-state index contributed by atoms with van der Waals surface area (Å²) >= 11 is 0.738. The monoisotopic (exact) mass is 484 g/mol. The number of ether oxygens (including phenoxy) is 3. The molecule has 4 rings (SSSR count). The number of fused-ring (bicyclic) bond motifs is 1. The molecule has 176 valence electrons. The molecule has 0 bridgehead atoms. The topological polar surface area (TPSA) is 94.2 Å². The van der Waals surface area contributed by atoms with Crippen LogP contribution in [0.15, 0.2) is 47.4 Å². The van der Waals surface area contributed by atoms with E-state index in [0.29, 0.717) is 36.0 Å². The first kappa shape index (κ1) is 23.4. The lowest BCUT2D eigenvalue weighted by atomic mass is 10.1. The van der Waals surface area contributed by atoms with E-state index in [1.165, 1.54) is 31.4 Å². The van der Waals surface area contributed by atoms with Crippen molar-refractivity contribution < 1.29 is 33.0 Å². The van der Waals surface area contributed by atoms with Gasteiger partial charge in [0.2, 0.25) is 11.7 Å². The normalized spacial score (nSPS) is 16.4. The van der Waals surface area contributed by atoms with Gasteiger partial charge < -0.3 is 19.5 Å². The summed E-state index contributed by atoms with van der Waals surface area (Å²) in [5, 5.41) is 2.17. The molecule has 1 N–H and O–H groups in total. The molecule has 0 aromatic heterocycles. The van der Waals surface area contributed by atoms with E-state index >= 15 is 0 Å². The van der Waals surface area contributed by atoms with E-state index in [2.05, 4.69) is 5.32 Å². The van der Waals surface area contributed by atoms with E-state index in [1.807, 2.05) is 0 Å². The van der Waals surface area contributed by atoms with Crippen LogP contribution in [0.25, 0.3) is 12.2 Å². The fraction of sp³-hybridized carbons (Fsp3) is 0.208. The Bertz CT molecular complexity index is 1180. The molecule has 2 aromatic rings. The molecule has 2 aliphatic rings. The lowest BCUT2D eigenvalue weighted by Crippen LogP contribution is -2.36. The number of rotatable bonds is 7. The minimum atomic E-state index is -0.522. The summed E-state index contributed by atoms with van der Waals surface area (Å²) in [6.45, 7) is 0.921. The molecule has 0 radical (unpaired) electrons. The van der Waals surface area contributed by atoms with E-state index in [9.17, 15) is 18.8 Å². The smallest absolute Gasteiger partial charge is 0.293 e. The molecule has 1 fully saturated rings. The highest BCUT2D eigenvalue weighted by Crippen LogP contribution is 2.40. The van der Waals surface area contributed by atoms with Crippen LogP contribution in [0.1, 0.15) is 11.1 Å². The highest BCUT2D eigenvalue weighted by Gasteiger charge is 2.34. The maximum atomic E-state index is 13.8. The molecule has 0 aliphatic carbocycles. The number of nitrogens with zero attached hydrogens (tertiary/aromatic N) is 1. The van der Waals surface area contributed by atoms with Crippen LogP contribution < -0.4 is 19.5 Å². The average molecular weight is 485 g/mol. The van der Waals surface area contributed by atoms with E-state index in [-0.39, 0.29) is 23.6 Å².